The molecule has 0 saturated carbocycles. The van der Waals surface area contributed by atoms with Crippen LogP contribution < -0.4 is 4.90 Å². The predicted molar refractivity (Wildman–Crippen MR) is 104 cm³/mol. The van der Waals surface area contributed by atoms with Crippen LogP contribution >= 0.6 is 0 Å². The Kier molecular flexibility index (Phi) is 4.55. The van der Waals surface area contributed by atoms with E-state index in [-0.39, 0.29) is 25.3 Å². The minimum atomic E-state index is -2.78. The van der Waals surface area contributed by atoms with Gasteiger partial charge in [-0.1, -0.05) is 56.3 Å². The molecular weight excluding hydrogens is 378 g/mol. The summed E-state index contributed by atoms with van der Waals surface area (Å²) in [5.74, 6) is -2.09. The molecule has 0 unspecified atom stereocenters. The van der Waals surface area contributed by atoms with E-state index in [0.29, 0.717) is 28.4 Å². The molecule has 1 aliphatic rings. The van der Waals surface area contributed by atoms with Gasteiger partial charge in [0.05, 0.1) is 6.54 Å². The molecular formula is C20H22F2N6O. The normalized spacial score (nSPS) is 16.5. The number of anilines is 1. The highest BCUT2D eigenvalue weighted by Gasteiger charge is 2.40. The van der Waals surface area contributed by atoms with Crippen LogP contribution in [0.25, 0.3) is 11.2 Å². The number of fused-ring (bicyclic) bond motifs is 1. The van der Waals surface area contributed by atoms with Crippen molar-refractivity contribution in [1.82, 2.24) is 25.0 Å². The van der Waals surface area contributed by atoms with Crippen molar-refractivity contribution in [3.8, 4) is 0 Å². The Labute approximate surface area is 166 Å². The molecule has 1 aliphatic heterocycles. The standard InChI is InChI=1S/C20H22F2N6O/c1-19(2,3)18-23-16-15(17(24-18)27-10-9-20(21,22)12-27)28(26-25-16)11-14(29)13-7-5-4-6-8-13/h4-8H,9-12H2,1-3H3. The number of carbonyl (C=O) groups is 1. The molecule has 7 nitrogen and oxygen atoms in total. The maximum Gasteiger partial charge on any atom is 0.266 e. The molecule has 0 N–H and O–H groups in total. The van der Waals surface area contributed by atoms with Gasteiger partial charge >= 0.3 is 0 Å². The van der Waals surface area contributed by atoms with Gasteiger partial charge in [0.15, 0.2) is 17.1 Å². The fraction of sp³-hybridized carbons (Fsp3) is 0.450. The van der Waals surface area contributed by atoms with Crippen LogP contribution in [0.1, 0.15) is 43.4 Å². The van der Waals surface area contributed by atoms with E-state index in [2.05, 4.69) is 20.3 Å². The van der Waals surface area contributed by atoms with Crippen LogP contribution in [0.15, 0.2) is 30.3 Å². The molecule has 4 rings (SSSR count). The van der Waals surface area contributed by atoms with Crippen LogP contribution in [-0.2, 0) is 12.0 Å². The summed E-state index contributed by atoms with van der Waals surface area (Å²) in [6.45, 7) is 5.50. The molecule has 0 aliphatic carbocycles. The number of hydrogen-bond acceptors (Lipinski definition) is 6. The molecule has 152 valence electrons. The van der Waals surface area contributed by atoms with E-state index in [1.54, 1.807) is 24.3 Å². The Balaban J connectivity index is 1.80. The molecule has 29 heavy (non-hydrogen) atoms. The summed E-state index contributed by atoms with van der Waals surface area (Å²) < 4.78 is 29.2. The molecule has 3 aromatic rings. The van der Waals surface area contributed by atoms with Crippen molar-refractivity contribution in [2.24, 2.45) is 0 Å². The van der Waals surface area contributed by atoms with Crippen LogP contribution in [-0.4, -0.2) is 49.8 Å². The second-order valence-corrected chi connectivity index (χ2v) is 8.36. The molecule has 0 amide bonds. The fourth-order valence-corrected chi connectivity index (χ4v) is 3.31. The molecule has 1 aromatic carbocycles. The van der Waals surface area contributed by atoms with Crippen LogP contribution in [0, 0.1) is 0 Å². The summed E-state index contributed by atoms with van der Waals surface area (Å²) >= 11 is 0. The lowest BCUT2D eigenvalue weighted by Crippen LogP contribution is -2.28. The summed E-state index contributed by atoms with van der Waals surface area (Å²) in [6, 6.07) is 8.83. The topological polar surface area (TPSA) is 76.8 Å². The first-order chi connectivity index (χ1) is 13.6. The number of halogens is 2. The Morgan fingerprint density at radius 2 is 1.90 bits per heavy atom. The van der Waals surface area contributed by atoms with Gasteiger partial charge in [0.25, 0.3) is 5.92 Å². The van der Waals surface area contributed by atoms with Gasteiger partial charge < -0.3 is 4.90 Å². The zero-order valence-electron chi connectivity index (χ0n) is 16.6. The van der Waals surface area contributed by atoms with Crippen molar-refractivity contribution in [3.05, 3.63) is 41.7 Å². The van der Waals surface area contributed by atoms with Gasteiger partial charge in [0.2, 0.25) is 5.65 Å². The Morgan fingerprint density at radius 1 is 1.17 bits per heavy atom. The van der Waals surface area contributed by atoms with E-state index in [9.17, 15) is 13.6 Å². The number of carbonyl (C=O) groups excluding carboxylic acids is 1. The number of nitrogens with zero attached hydrogens (tertiary/aromatic N) is 6. The third-order valence-corrected chi connectivity index (χ3v) is 4.88. The Morgan fingerprint density at radius 3 is 2.52 bits per heavy atom. The summed E-state index contributed by atoms with van der Waals surface area (Å²) in [5.41, 5.74) is 0.850. The number of ketones is 1. The number of alkyl halides is 2. The molecule has 0 atom stereocenters. The van der Waals surface area contributed by atoms with Crippen molar-refractivity contribution >= 4 is 22.8 Å². The lowest BCUT2D eigenvalue weighted by molar-refractivity contribution is 0.0256. The second kappa shape index (κ2) is 6.82. The van der Waals surface area contributed by atoms with Crippen LogP contribution in [0.2, 0.25) is 0 Å². The smallest absolute Gasteiger partial charge is 0.266 e. The first-order valence-corrected chi connectivity index (χ1v) is 9.47. The number of benzene rings is 1. The van der Waals surface area contributed by atoms with Crippen molar-refractivity contribution in [2.45, 2.75) is 45.1 Å². The molecule has 2 aromatic heterocycles. The summed E-state index contributed by atoms with van der Waals surface area (Å²) in [6.07, 6.45) is -0.242. The lowest BCUT2D eigenvalue weighted by atomic mass is 9.96. The fourth-order valence-electron chi connectivity index (χ4n) is 3.31. The zero-order chi connectivity index (χ0) is 20.8. The van der Waals surface area contributed by atoms with Gasteiger partial charge in [-0.2, -0.15) is 0 Å². The minimum Gasteiger partial charge on any atom is -0.348 e. The summed E-state index contributed by atoms with van der Waals surface area (Å²) in [7, 11) is 0. The molecule has 3 heterocycles. The van der Waals surface area contributed by atoms with Crippen LogP contribution in [0.3, 0.4) is 0 Å². The highest BCUT2D eigenvalue weighted by Crippen LogP contribution is 2.34. The average Bonchev–Trinajstić information content (AvgIpc) is 3.24. The third kappa shape index (κ3) is 3.81. The van der Waals surface area contributed by atoms with Crippen molar-refractivity contribution in [3.63, 3.8) is 0 Å². The summed E-state index contributed by atoms with van der Waals surface area (Å²) in [5, 5.41) is 8.18. The zero-order valence-corrected chi connectivity index (χ0v) is 16.6. The van der Waals surface area contributed by atoms with E-state index in [1.165, 1.54) is 9.58 Å². The Hall–Kier alpha value is -2.97. The van der Waals surface area contributed by atoms with Gasteiger partial charge in [0.1, 0.15) is 12.4 Å². The number of Topliss-reactive ketones (excluding diaryl/α,β-unsaturated/α-hetero) is 1. The largest absolute Gasteiger partial charge is 0.348 e. The number of rotatable bonds is 4. The van der Waals surface area contributed by atoms with E-state index in [1.807, 2.05) is 26.8 Å². The molecule has 1 saturated heterocycles. The molecule has 0 spiro atoms. The maximum atomic E-state index is 13.9. The van der Waals surface area contributed by atoms with Gasteiger partial charge in [-0.25, -0.2) is 23.4 Å². The monoisotopic (exact) mass is 400 g/mol. The SMILES string of the molecule is CC(C)(C)c1nc(N2CCC(F)(F)C2)c2c(nnn2CC(=O)c2ccccc2)n1. The van der Waals surface area contributed by atoms with E-state index >= 15 is 0 Å². The average molecular weight is 400 g/mol. The van der Waals surface area contributed by atoms with E-state index in [4.69, 9.17) is 0 Å². The van der Waals surface area contributed by atoms with Gasteiger partial charge in [0, 0.05) is 23.9 Å². The highest BCUT2D eigenvalue weighted by atomic mass is 19.3. The van der Waals surface area contributed by atoms with Crippen LogP contribution in [0.5, 0.6) is 0 Å². The summed E-state index contributed by atoms with van der Waals surface area (Å²) in [4.78, 5) is 23.3. The predicted octanol–water partition coefficient (Wildman–Crippen LogP) is 3.25. The lowest BCUT2D eigenvalue weighted by Gasteiger charge is -2.22. The van der Waals surface area contributed by atoms with Gasteiger partial charge in [-0.3, -0.25) is 4.79 Å². The Bertz CT molecular complexity index is 1060. The molecule has 1 fully saturated rings. The van der Waals surface area contributed by atoms with Crippen molar-refractivity contribution in [2.75, 3.05) is 18.0 Å². The molecule has 0 radical (unpaired) electrons. The molecule has 0 bridgehead atoms. The number of hydrogen-bond donors (Lipinski definition) is 0. The van der Waals surface area contributed by atoms with Gasteiger partial charge in [-0.05, 0) is 0 Å². The van der Waals surface area contributed by atoms with Gasteiger partial charge in [-0.15, -0.1) is 5.10 Å². The second-order valence-electron chi connectivity index (χ2n) is 8.36. The third-order valence-electron chi connectivity index (χ3n) is 4.88. The van der Waals surface area contributed by atoms with Crippen molar-refractivity contribution in [1.29, 1.82) is 0 Å². The quantitative estimate of drug-likeness (QED) is 0.626. The van der Waals surface area contributed by atoms with E-state index in [0.717, 1.165) is 0 Å². The van der Waals surface area contributed by atoms with Crippen LogP contribution in [0.4, 0.5) is 14.6 Å². The minimum absolute atomic E-state index is 0.0734. The number of aromatic nitrogens is 5. The maximum absolute atomic E-state index is 13.9. The highest BCUT2D eigenvalue weighted by molar-refractivity contribution is 5.97. The molecule has 9 heteroatoms. The van der Waals surface area contributed by atoms with Crippen molar-refractivity contribution < 1.29 is 13.6 Å². The van der Waals surface area contributed by atoms with E-state index < -0.39 is 17.9 Å². The first kappa shape index (κ1) is 19.4. The first-order valence-electron chi connectivity index (χ1n) is 9.47.